The number of hydrogen-bond acceptors (Lipinski definition) is 4. The highest BCUT2D eigenvalue weighted by molar-refractivity contribution is 9.10. The van der Waals surface area contributed by atoms with Crippen molar-refractivity contribution in [3.8, 4) is 0 Å². The first-order chi connectivity index (χ1) is 9.20. The Balaban J connectivity index is 2.16. The van der Waals surface area contributed by atoms with Gasteiger partial charge in [-0.1, -0.05) is 28.9 Å². The summed E-state index contributed by atoms with van der Waals surface area (Å²) in [5, 5.41) is 6.48. The second-order valence-corrected chi connectivity index (χ2v) is 5.08. The molecule has 2 aromatic rings. The molecule has 0 aliphatic carbocycles. The lowest BCUT2D eigenvalue weighted by Gasteiger charge is -2.11. The smallest absolute Gasteiger partial charge is 0.224 e. The Morgan fingerprint density at radius 1 is 1.26 bits per heavy atom. The van der Waals surface area contributed by atoms with Crippen molar-refractivity contribution in [2.24, 2.45) is 0 Å². The van der Waals surface area contributed by atoms with E-state index < -0.39 is 0 Å². The first kappa shape index (κ1) is 13.8. The van der Waals surface area contributed by atoms with E-state index in [1.165, 1.54) is 0 Å². The molecule has 1 aromatic heterocycles. The van der Waals surface area contributed by atoms with Crippen LogP contribution in [0.2, 0.25) is 0 Å². The zero-order valence-electron chi connectivity index (χ0n) is 11.1. The maximum Gasteiger partial charge on any atom is 0.224 e. The molecule has 0 aliphatic rings. The molecule has 2 N–H and O–H groups in total. The number of nitrogens with one attached hydrogen (secondary N) is 2. The fourth-order valence-electron chi connectivity index (χ4n) is 1.63. The van der Waals surface area contributed by atoms with E-state index in [0.717, 1.165) is 34.5 Å². The minimum Gasteiger partial charge on any atom is -0.354 e. The SMILES string of the molecule is CCCNc1nccc(Nc2cccc(Br)c2C)n1. The van der Waals surface area contributed by atoms with E-state index in [2.05, 4.69) is 50.4 Å². The zero-order chi connectivity index (χ0) is 13.7. The van der Waals surface area contributed by atoms with Gasteiger partial charge in [-0.3, -0.25) is 0 Å². The first-order valence-electron chi connectivity index (χ1n) is 6.29. The van der Waals surface area contributed by atoms with Gasteiger partial charge in [0.05, 0.1) is 0 Å². The van der Waals surface area contributed by atoms with Crippen molar-refractivity contribution in [1.82, 2.24) is 9.97 Å². The summed E-state index contributed by atoms with van der Waals surface area (Å²) in [6, 6.07) is 7.91. The summed E-state index contributed by atoms with van der Waals surface area (Å²) in [4.78, 5) is 8.61. The van der Waals surface area contributed by atoms with Crippen LogP contribution in [-0.4, -0.2) is 16.5 Å². The van der Waals surface area contributed by atoms with Gasteiger partial charge in [0.1, 0.15) is 5.82 Å². The number of hydrogen-bond donors (Lipinski definition) is 2. The molecule has 1 heterocycles. The maximum atomic E-state index is 4.43. The summed E-state index contributed by atoms with van der Waals surface area (Å²) in [5.41, 5.74) is 2.19. The normalized spacial score (nSPS) is 10.3. The van der Waals surface area contributed by atoms with Crippen LogP contribution in [0.3, 0.4) is 0 Å². The van der Waals surface area contributed by atoms with Crippen molar-refractivity contribution in [3.05, 3.63) is 40.5 Å². The van der Waals surface area contributed by atoms with E-state index in [9.17, 15) is 0 Å². The molecule has 100 valence electrons. The molecule has 0 bridgehead atoms. The summed E-state index contributed by atoms with van der Waals surface area (Å²) in [6.07, 6.45) is 2.80. The Hall–Kier alpha value is -1.62. The van der Waals surface area contributed by atoms with Crippen LogP contribution in [-0.2, 0) is 0 Å². The summed E-state index contributed by atoms with van der Waals surface area (Å²) in [5.74, 6) is 1.44. The van der Waals surface area contributed by atoms with Crippen LogP contribution < -0.4 is 10.6 Å². The Morgan fingerprint density at radius 3 is 2.89 bits per heavy atom. The first-order valence-corrected chi connectivity index (χ1v) is 7.09. The summed E-state index contributed by atoms with van der Waals surface area (Å²) >= 11 is 3.52. The monoisotopic (exact) mass is 320 g/mol. The molecule has 4 nitrogen and oxygen atoms in total. The van der Waals surface area contributed by atoms with Gasteiger partial charge in [-0.05, 0) is 37.1 Å². The molecule has 0 atom stereocenters. The molecule has 0 radical (unpaired) electrons. The van der Waals surface area contributed by atoms with Crippen molar-refractivity contribution in [2.75, 3.05) is 17.2 Å². The van der Waals surface area contributed by atoms with Gasteiger partial charge >= 0.3 is 0 Å². The lowest BCUT2D eigenvalue weighted by atomic mass is 10.2. The third kappa shape index (κ3) is 3.67. The van der Waals surface area contributed by atoms with Crippen molar-refractivity contribution < 1.29 is 0 Å². The van der Waals surface area contributed by atoms with Gasteiger partial charge in [-0.25, -0.2) is 4.98 Å². The van der Waals surface area contributed by atoms with E-state index in [1.54, 1.807) is 6.20 Å². The third-order valence-corrected chi connectivity index (χ3v) is 3.58. The Morgan fingerprint density at radius 2 is 2.11 bits per heavy atom. The summed E-state index contributed by atoms with van der Waals surface area (Å²) in [6.45, 7) is 5.04. The number of rotatable bonds is 5. The second kappa shape index (κ2) is 6.52. The highest BCUT2D eigenvalue weighted by atomic mass is 79.9. The van der Waals surface area contributed by atoms with Gasteiger partial charge in [-0.2, -0.15) is 4.98 Å². The molecule has 2 rings (SSSR count). The van der Waals surface area contributed by atoms with Crippen LogP contribution in [0.25, 0.3) is 0 Å². The van der Waals surface area contributed by atoms with E-state index in [4.69, 9.17) is 0 Å². The molecule has 0 saturated carbocycles. The maximum absolute atomic E-state index is 4.43. The topological polar surface area (TPSA) is 49.8 Å². The molecule has 0 fully saturated rings. The van der Waals surface area contributed by atoms with Gasteiger partial charge in [-0.15, -0.1) is 0 Å². The molecule has 0 unspecified atom stereocenters. The van der Waals surface area contributed by atoms with Crippen molar-refractivity contribution in [2.45, 2.75) is 20.3 Å². The highest BCUT2D eigenvalue weighted by Crippen LogP contribution is 2.25. The second-order valence-electron chi connectivity index (χ2n) is 4.23. The van der Waals surface area contributed by atoms with Gasteiger partial charge in [0.15, 0.2) is 0 Å². The average Bonchev–Trinajstić information content (AvgIpc) is 2.42. The molecule has 0 spiro atoms. The number of halogens is 1. The largest absolute Gasteiger partial charge is 0.354 e. The van der Waals surface area contributed by atoms with Gasteiger partial charge in [0.25, 0.3) is 0 Å². The van der Waals surface area contributed by atoms with Crippen LogP contribution >= 0.6 is 15.9 Å². The minimum absolute atomic E-state index is 0.652. The Bertz CT molecular complexity index is 557. The quantitative estimate of drug-likeness (QED) is 0.870. The minimum atomic E-state index is 0.652. The summed E-state index contributed by atoms with van der Waals surface area (Å²) < 4.78 is 1.08. The molecule has 1 aromatic carbocycles. The molecule has 0 saturated heterocycles. The van der Waals surface area contributed by atoms with Crippen molar-refractivity contribution in [1.29, 1.82) is 0 Å². The van der Waals surface area contributed by atoms with Crippen molar-refractivity contribution >= 4 is 33.4 Å². The molecular weight excluding hydrogens is 304 g/mol. The molecule has 5 heteroatoms. The number of nitrogens with zero attached hydrogens (tertiary/aromatic N) is 2. The lowest BCUT2D eigenvalue weighted by molar-refractivity contribution is 0.953. The van der Waals surface area contributed by atoms with E-state index in [-0.39, 0.29) is 0 Å². The summed E-state index contributed by atoms with van der Waals surface area (Å²) in [7, 11) is 0. The van der Waals surface area contributed by atoms with Crippen molar-refractivity contribution in [3.63, 3.8) is 0 Å². The van der Waals surface area contributed by atoms with Gasteiger partial charge in [0, 0.05) is 22.9 Å². The van der Waals surface area contributed by atoms with Crippen LogP contribution in [0.15, 0.2) is 34.9 Å². The average molecular weight is 321 g/mol. The van der Waals surface area contributed by atoms with E-state index >= 15 is 0 Å². The standard InChI is InChI=1S/C14H17BrN4/c1-3-8-16-14-17-9-7-13(19-14)18-12-6-4-5-11(15)10(12)2/h4-7,9H,3,8H2,1-2H3,(H2,16,17,18,19). The van der Waals surface area contributed by atoms with Crippen LogP contribution in [0.1, 0.15) is 18.9 Å². The van der Waals surface area contributed by atoms with Gasteiger partial charge in [0.2, 0.25) is 5.95 Å². The van der Waals surface area contributed by atoms with E-state index in [0.29, 0.717) is 5.95 Å². The molecule has 19 heavy (non-hydrogen) atoms. The third-order valence-electron chi connectivity index (χ3n) is 2.72. The fourth-order valence-corrected chi connectivity index (χ4v) is 2.00. The Kier molecular flexibility index (Phi) is 4.74. The van der Waals surface area contributed by atoms with Crippen LogP contribution in [0.4, 0.5) is 17.5 Å². The molecule has 0 aliphatic heterocycles. The van der Waals surface area contributed by atoms with E-state index in [1.807, 2.05) is 24.3 Å². The van der Waals surface area contributed by atoms with Crippen LogP contribution in [0.5, 0.6) is 0 Å². The lowest BCUT2D eigenvalue weighted by Crippen LogP contribution is -2.05. The Labute approximate surface area is 121 Å². The predicted molar refractivity (Wildman–Crippen MR) is 83.0 cm³/mol. The molecule has 0 amide bonds. The predicted octanol–water partition coefficient (Wildman–Crippen LogP) is 4.11. The highest BCUT2D eigenvalue weighted by Gasteiger charge is 2.03. The number of benzene rings is 1. The molecular formula is C14H17BrN4. The number of anilines is 3. The van der Waals surface area contributed by atoms with Gasteiger partial charge < -0.3 is 10.6 Å². The zero-order valence-corrected chi connectivity index (χ0v) is 12.7. The number of aromatic nitrogens is 2. The van der Waals surface area contributed by atoms with Crippen LogP contribution in [0, 0.1) is 6.92 Å². The fraction of sp³-hybridized carbons (Fsp3) is 0.286.